The van der Waals surface area contributed by atoms with E-state index in [2.05, 4.69) is 27.2 Å². The molecule has 3 aromatic carbocycles. The zero-order valence-electron chi connectivity index (χ0n) is 19.4. The molecule has 2 heterocycles. The Hall–Kier alpha value is -3.75. The number of anilines is 1. The zero-order chi connectivity index (χ0) is 24.3. The van der Waals surface area contributed by atoms with Crippen molar-refractivity contribution >= 4 is 15.8 Å². The van der Waals surface area contributed by atoms with Gasteiger partial charge in [0, 0.05) is 31.7 Å². The Morgan fingerprint density at radius 2 is 1.37 bits per heavy atom. The minimum atomic E-state index is -3.59. The van der Waals surface area contributed by atoms with E-state index >= 15 is 0 Å². The number of aromatic nitrogens is 2. The molecule has 0 bridgehead atoms. The van der Waals surface area contributed by atoms with E-state index in [0.717, 1.165) is 17.1 Å². The lowest BCUT2D eigenvalue weighted by atomic mass is 10.1. The summed E-state index contributed by atoms with van der Waals surface area (Å²) < 4.78 is 33.6. The molecule has 0 spiro atoms. The van der Waals surface area contributed by atoms with Gasteiger partial charge in [-0.3, -0.25) is 0 Å². The molecule has 35 heavy (non-hydrogen) atoms. The summed E-state index contributed by atoms with van der Waals surface area (Å²) >= 11 is 0. The van der Waals surface area contributed by atoms with Gasteiger partial charge in [-0.15, -0.1) is 10.2 Å². The molecule has 1 fully saturated rings. The number of piperazine rings is 1. The summed E-state index contributed by atoms with van der Waals surface area (Å²) in [6.07, 6.45) is 0. The highest BCUT2D eigenvalue weighted by atomic mass is 32.2. The van der Waals surface area contributed by atoms with Crippen molar-refractivity contribution in [2.75, 3.05) is 31.1 Å². The van der Waals surface area contributed by atoms with Crippen LogP contribution in [0.2, 0.25) is 0 Å². The standard InChI is InChI=1S/C27H26N4O3S/c1-21-7-9-22(10-8-21)26-15-16-27(29-28-26)30-17-19-31(20-18-30)35(32,33)25-13-11-24(12-14-25)34-23-5-3-2-4-6-23/h2-16H,17-20H2,1H3. The second-order valence-electron chi connectivity index (χ2n) is 8.42. The van der Waals surface area contributed by atoms with Crippen molar-refractivity contribution in [3.63, 3.8) is 0 Å². The molecule has 0 N–H and O–H groups in total. The zero-order valence-corrected chi connectivity index (χ0v) is 20.2. The molecule has 7 nitrogen and oxygen atoms in total. The van der Waals surface area contributed by atoms with E-state index in [0.29, 0.717) is 37.7 Å². The van der Waals surface area contributed by atoms with Gasteiger partial charge in [-0.1, -0.05) is 48.0 Å². The van der Waals surface area contributed by atoms with E-state index in [9.17, 15) is 8.42 Å². The normalized spacial score (nSPS) is 14.6. The van der Waals surface area contributed by atoms with Gasteiger partial charge in [-0.25, -0.2) is 8.42 Å². The van der Waals surface area contributed by atoms with E-state index in [1.165, 1.54) is 9.87 Å². The number of hydrogen-bond donors (Lipinski definition) is 0. The summed E-state index contributed by atoms with van der Waals surface area (Å²) in [5.74, 6) is 2.04. The molecular weight excluding hydrogens is 460 g/mol. The van der Waals surface area contributed by atoms with Gasteiger partial charge in [0.2, 0.25) is 10.0 Å². The van der Waals surface area contributed by atoms with E-state index < -0.39 is 10.0 Å². The fraction of sp³-hybridized carbons (Fsp3) is 0.185. The molecule has 1 saturated heterocycles. The van der Waals surface area contributed by atoms with Crippen LogP contribution in [-0.2, 0) is 10.0 Å². The van der Waals surface area contributed by atoms with Gasteiger partial charge in [0.15, 0.2) is 5.82 Å². The van der Waals surface area contributed by atoms with Crippen molar-refractivity contribution in [1.82, 2.24) is 14.5 Å². The monoisotopic (exact) mass is 486 g/mol. The van der Waals surface area contributed by atoms with E-state index in [1.807, 2.05) is 61.5 Å². The van der Waals surface area contributed by atoms with Crippen LogP contribution in [0.4, 0.5) is 5.82 Å². The van der Waals surface area contributed by atoms with Crippen LogP contribution in [0.1, 0.15) is 5.56 Å². The molecule has 178 valence electrons. The Morgan fingerprint density at radius 1 is 0.714 bits per heavy atom. The molecule has 4 aromatic rings. The van der Waals surface area contributed by atoms with Gasteiger partial charge in [-0.05, 0) is 55.5 Å². The smallest absolute Gasteiger partial charge is 0.243 e. The lowest BCUT2D eigenvalue weighted by Gasteiger charge is -2.34. The third-order valence-corrected chi connectivity index (χ3v) is 7.91. The van der Waals surface area contributed by atoms with Crippen LogP contribution >= 0.6 is 0 Å². The lowest BCUT2D eigenvalue weighted by Crippen LogP contribution is -2.48. The highest BCUT2D eigenvalue weighted by Gasteiger charge is 2.29. The van der Waals surface area contributed by atoms with Gasteiger partial charge in [0.1, 0.15) is 11.5 Å². The highest BCUT2D eigenvalue weighted by Crippen LogP contribution is 2.25. The maximum absolute atomic E-state index is 13.2. The number of aryl methyl sites for hydroxylation is 1. The molecule has 0 atom stereocenters. The number of benzene rings is 3. The highest BCUT2D eigenvalue weighted by molar-refractivity contribution is 7.89. The second-order valence-corrected chi connectivity index (χ2v) is 10.4. The van der Waals surface area contributed by atoms with Crippen LogP contribution in [0.25, 0.3) is 11.3 Å². The van der Waals surface area contributed by atoms with Crippen molar-refractivity contribution in [2.45, 2.75) is 11.8 Å². The molecule has 5 rings (SSSR count). The van der Waals surface area contributed by atoms with Crippen LogP contribution in [0.15, 0.2) is 95.9 Å². The molecule has 1 aromatic heterocycles. The Labute approximate surface area is 205 Å². The Balaban J connectivity index is 1.21. The molecule has 0 aliphatic carbocycles. The maximum atomic E-state index is 13.2. The van der Waals surface area contributed by atoms with Crippen molar-refractivity contribution in [3.8, 4) is 22.8 Å². The maximum Gasteiger partial charge on any atom is 0.243 e. The number of sulfonamides is 1. The SMILES string of the molecule is Cc1ccc(-c2ccc(N3CCN(S(=O)(=O)c4ccc(Oc5ccccc5)cc4)CC3)nn2)cc1. The number of hydrogen-bond acceptors (Lipinski definition) is 6. The first-order chi connectivity index (χ1) is 17.0. The van der Waals surface area contributed by atoms with Crippen LogP contribution in [0.5, 0.6) is 11.5 Å². The van der Waals surface area contributed by atoms with Gasteiger partial charge >= 0.3 is 0 Å². The summed E-state index contributed by atoms with van der Waals surface area (Å²) in [6, 6.07) is 28.0. The summed E-state index contributed by atoms with van der Waals surface area (Å²) in [5, 5.41) is 8.76. The minimum Gasteiger partial charge on any atom is -0.457 e. The Morgan fingerprint density at radius 3 is 2.00 bits per heavy atom. The average Bonchev–Trinajstić information content (AvgIpc) is 2.90. The molecule has 8 heteroatoms. The Bertz CT molecular complexity index is 1370. The number of rotatable bonds is 6. The summed E-state index contributed by atoms with van der Waals surface area (Å²) in [4.78, 5) is 2.32. The third kappa shape index (κ3) is 5.18. The topological polar surface area (TPSA) is 75.6 Å². The Kier molecular flexibility index (Phi) is 6.48. The third-order valence-electron chi connectivity index (χ3n) is 6.00. The van der Waals surface area contributed by atoms with E-state index in [-0.39, 0.29) is 4.90 Å². The van der Waals surface area contributed by atoms with Crippen LogP contribution in [-0.4, -0.2) is 49.1 Å². The lowest BCUT2D eigenvalue weighted by molar-refractivity contribution is 0.383. The molecule has 0 unspecified atom stereocenters. The first-order valence-corrected chi connectivity index (χ1v) is 12.9. The van der Waals surface area contributed by atoms with Gasteiger partial charge < -0.3 is 9.64 Å². The number of para-hydroxylation sites is 1. The molecule has 1 aliphatic rings. The predicted molar refractivity (Wildman–Crippen MR) is 136 cm³/mol. The fourth-order valence-electron chi connectivity index (χ4n) is 3.98. The number of nitrogens with zero attached hydrogens (tertiary/aromatic N) is 4. The fourth-order valence-corrected chi connectivity index (χ4v) is 5.41. The summed E-state index contributed by atoms with van der Waals surface area (Å²) in [5.41, 5.74) is 3.03. The predicted octanol–water partition coefficient (Wildman–Crippen LogP) is 4.76. The van der Waals surface area contributed by atoms with Crippen LogP contribution < -0.4 is 9.64 Å². The molecule has 0 amide bonds. The van der Waals surface area contributed by atoms with E-state index in [4.69, 9.17) is 4.74 Å². The molecular formula is C27H26N4O3S. The molecule has 0 saturated carbocycles. The van der Waals surface area contributed by atoms with Gasteiger partial charge in [0.25, 0.3) is 0 Å². The largest absolute Gasteiger partial charge is 0.457 e. The van der Waals surface area contributed by atoms with Gasteiger partial charge in [0.05, 0.1) is 10.6 Å². The first-order valence-electron chi connectivity index (χ1n) is 11.5. The summed E-state index contributed by atoms with van der Waals surface area (Å²) in [7, 11) is -3.59. The second kappa shape index (κ2) is 9.85. The molecule has 1 aliphatic heterocycles. The van der Waals surface area contributed by atoms with Crippen molar-refractivity contribution in [2.24, 2.45) is 0 Å². The van der Waals surface area contributed by atoms with Crippen molar-refractivity contribution in [3.05, 3.63) is 96.6 Å². The van der Waals surface area contributed by atoms with Crippen LogP contribution in [0, 0.1) is 6.92 Å². The van der Waals surface area contributed by atoms with Crippen molar-refractivity contribution in [1.29, 1.82) is 0 Å². The first kappa shape index (κ1) is 23.0. The average molecular weight is 487 g/mol. The van der Waals surface area contributed by atoms with Gasteiger partial charge in [-0.2, -0.15) is 4.31 Å². The quantitative estimate of drug-likeness (QED) is 0.391. The molecule has 0 radical (unpaired) electrons. The van der Waals surface area contributed by atoms with E-state index in [1.54, 1.807) is 24.3 Å². The van der Waals surface area contributed by atoms with Crippen molar-refractivity contribution < 1.29 is 13.2 Å². The minimum absolute atomic E-state index is 0.258. The summed E-state index contributed by atoms with van der Waals surface area (Å²) in [6.45, 7) is 3.91. The van der Waals surface area contributed by atoms with Crippen LogP contribution in [0.3, 0.4) is 0 Å². The number of ether oxygens (including phenoxy) is 1.